The molecule has 0 radical (unpaired) electrons. The Morgan fingerprint density at radius 2 is 2.00 bits per heavy atom. The summed E-state index contributed by atoms with van der Waals surface area (Å²) in [5, 5.41) is 19.2. The summed E-state index contributed by atoms with van der Waals surface area (Å²) in [6, 6.07) is 6.40. The van der Waals surface area contributed by atoms with Crippen LogP contribution in [0.15, 0.2) is 29.2 Å². The molecule has 0 unspecified atom stereocenters. The zero-order valence-electron chi connectivity index (χ0n) is 11.2. The Balaban J connectivity index is 1.84. The fourth-order valence-electron chi connectivity index (χ4n) is 2.25. The third-order valence-corrected chi connectivity index (χ3v) is 4.55. The summed E-state index contributed by atoms with van der Waals surface area (Å²) in [6.45, 7) is 0.0986. The van der Waals surface area contributed by atoms with E-state index in [-0.39, 0.29) is 25.3 Å². The summed E-state index contributed by atoms with van der Waals surface area (Å²) < 4.78 is 0. The fourth-order valence-corrected chi connectivity index (χ4v) is 3.22. The van der Waals surface area contributed by atoms with Gasteiger partial charge in [-0.25, -0.2) is 4.79 Å². The lowest BCUT2D eigenvalue weighted by atomic mass is 10.2. The number of β-amino-alcohol motifs (C(OH)–C–C–N with tert-alkyl or cyclic N) is 1. The topological polar surface area (TPSA) is 77.8 Å². The van der Waals surface area contributed by atoms with Crippen LogP contribution >= 0.6 is 23.4 Å². The van der Waals surface area contributed by atoms with E-state index in [1.54, 1.807) is 12.1 Å². The Labute approximate surface area is 131 Å². The quantitative estimate of drug-likeness (QED) is 0.806. The number of hydrogen-bond acceptors (Lipinski definition) is 4. The number of carbonyl (C=O) groups is 2. The first-order valence-electron chi connectivity index (χ1n) is 6.56. The van der Waals surface area contributed by atoms with Crippen LogP contribution in [0.25, 0.3) is 0 Å². The van der Waals surface area contributed by atoms with E-state index in [0.717, 1.165) is 4.90 Å². The standard InChI is InChI=1S/C14H16ClNO4S/c15-9-1-3-11(4-2-9)21-6-5-13(18)16-8-10(17)7-12(16)14(19)20/h1-4,10,12,17H,5-8H2,(H,19,20)/t10-,12+/m1/s1. The molecule has 1 saturated heterocycles. The Hall–Kier alpha value is -1.24. The van der Waals surface area contributed by atoms with E-state index in [2.05, 4.69) is 0 Å². The first-order chi connectivity index (χ1) is 9.97. The number of aliphatic hydroxyl groups excluding tert-OH is 1. The highest BCUT2D eigenvalue weighted by Gasteiger charge is 2.38. The molecule has 0 aliphatic carbocycles. The molecule has 0 saturated carbocycles. The number of carbonyl (C=O) groups excluding carboxylic acids is 1. The van der Waals surface area contributed by atoms with Gasteiger partial charge in [-0.05, 0) is 24.3 Å². The van der Waals surface area contributed by atoms with Crippen LogP contribution in [-0.2, 0) is 9.59 Å². The predicted molar refractivity (Wildman–Crippen MR) is 80.6 cm³/mol. The molecule has 2 atom stereocenters. The van der Waals surface area contributed by atoms with Gasteiger partial charge in [0.1, 0.15) is 6.04 Å². The van der Waals surface area contributed by atoms with Gasteiger partial charge in [0.15, 0.2) is 0 Å². The van der Waals surface area contributed by atoms with Crippen LogP contribution in [0.2, 0.25) is 5.02 Å². The minimum absolute atomic E-state index is 0.0986. The molecule has 1 heterocycles. The lowest BCUT2D eigenvalue weighted by molar-refractivity contribution is -0.148. The van der Waals surface area contributed by atoms with E-state index in [9.17, 15) is 14.7 Å². The molecule has 0 spiro atoms. The van der Waals surface area contributed by atoms with Crippen molar-refractivity contribution in [1.29, 1.82) is 0 Å². The Kier molecular flexibility index (Phi) is 5.50. The minimum atomic E-state index is -1.06. The van der Waals surface area contributed by atoms with Crippen molar-refractivity contribution in [2.45, 2.75) is 29.9 Å². The number of likely N-dealkylation sites (tertiary alicyclic amines) is 1. The number of hydrogen-bond donors (Lipinski definition) is 2. The Morgan fingerprint density at radius 1 is 1.33 bits per heavy atom. The molecular weight excluding hydrogens is 314 g/mol. The van der Waals surface area contributed by atoms with E-state index >= 15 is 0 Å². The van der Waals surface area contributed by atoms with Gasteiger partial charge in [0.2, 0.25) is 5.91 Å². The lowest BCUT2D eigenvalue weighted by Gasteiger charge is -2.20. The maximum Gasteiger partial charge on any atom is 0.326 e. The number of nitrogens with zero attached hydrogens (tertiary/aromatic N) is 1. The van der Waals surface area contributed by atoms with Gasteiger partial charge in [0.25, 0.3) is 0 Å². The monoisotopic (exact) mass is 329 g/mol. The molecule has 1 aromatic rings. The molecule has 21 heavy (non-hydrogen) atoms. The molecule has 0 bridgehead atoms. The zero-order chi connectivity index (χ0) is 15.4. The van der Waals surface area contributed by atoms with Gasteiger partial charge in [-0.1, -0.05) is 11.6 Å². The molecule has 2 N–H and O–H groups in total. The number of amides is 1. The third-order valence-electron chi connectivity index (χ3n) is 3.28. The molecule has 2 rings (SSSR count). The molecule has 1 amide bonds. The van der Waals surface area contributed by atoms with Gasteiger partial charge in [-0.3, -0.25) is 4.79 Å². The second kappa shape index (κ2) is 7.15. The first-order valence-corrected chi connectivity index (χ1v) is 7.92. The summed E-state index contributed by atoms with van der Waals surface area (Å²) in [6.07, 6.45) is -0.409. The highest BCUT2D eigenvalue weighted by Crippen LogP contribution is 2.23. The van der Waals surface area contributed by atoms with Gasteiger partial charge in [-0.2, -0.15) is 0 Å². The van der Waals surface area contributed by atoms with Crippen molar-refractivity contribution in [1.82, 2.24) is 4.90 Å². The van der Waals surface area contributed by atoms with Crippen molar-refractivity contribution in [2.75, 3.05) is 12.3 Å². The summed E-state index contributed by atoms with van der Waals surface area (Å²) in [7, 11) is 0. The average molecular weight is 330 g/mol. The van der Waals surface area contributed by atoms with Crippen LogP contribution < -0.4 is 0 Å². The number of aliphatic hydroxyl groups is 1. The summed E-state index contributed by atoms with van der Waals surface area (Å²) >= 11 is 7.30. The van der Waals surface area contributed by atoms with E-state index < -0.39 is 18.1 Å². The molecular formula is C14H16ClNO4S. The number of rotatable bonds is 5. The number of halogens is 1. The zero-order valence-corrected chi connectivity index (χ0v) is 12.8. The molecule has 114 valence electrons. The van der Waals surface area contributed by atoms with Gasteiger partial charge in [-0.15, -0.1) is 11.8 Å². The largest absolute Gasteiger partial charge is 0.480 e. The summed E-state index contributed by atoms with van der Waals surface area (Å²) in [5.41, 5.74) is 0. The smallest absolute Gasteiger partial charge is 0.326 e. The van der Waals surface area contributed by atoms with Crippen LogP contribution in [-0.4, -0.2) is 51.4 Å². The van der Waals surface area contributed by atoms with E-state index in [4.69, 9.17) is 16.7 Å². The molecule has 5 nitrogen and oxygen atoms in total. The number of carboxylic acid groups (broad SMARTS) is 1. The highest BCUT2D eigenvalue weighted by atomic mass is 35.5. The predicted octanol–water partition coefficient (Wildman–Crippen LogP) is 1.87. The van der Waals surface area contributed by atoms with Gasteiger partial charge < -0.3 is 15.1 Å². The molecule has 1 aliphatic rings. The minimum Gasteiger partial charge on any atom is -0.480 e. The van der Waals surface area contributed by atoms with Crippen LogP contribution in [0.4, 0.5) is 0 Å². The maximum atomic E-state index is 12.1. The Bertz CT molecular complexity index is 522. The molecule has 1 fully saturated rings. The SMILES string of the molecule is O=C(O)[C@@H]1C[C@@H](O)CN1C(=O)CCSc1ccc(Cl)cc1. The maximum absolute atomic E-state index is 12.1. The van der Waals surface area contributed by atoms with E-state index in [0.29, 0.717) is 10.8 Å². The second-order valence-corrected chi connectivity index (χ2v) is 6.45. The fraction of sp³-hybridized carbons (Fsp3) is 0.429. The van der Waals surface area contributed by atoms with Gasteiger partial charge >= 0.3 is 5.97 Å². The van der Waals surface area contributed by atoms with Crippen molar-refractivity contribution in [3.05, 3.63) is 29.3 Å². The summed E-state index contributed by atoms with van der Waals surface area (Å²) in [4.78, 5) is 25.4. The number of thioether (sulfide) groups is 1. The van der Waals surface area contributed by atoms with E-state index in [1.165, 1.54) is 16.7 Å². The number of carboxylic acids is 1. The van der Waals surface area contributed by atoms with Crippen LogP contribution in [0, 0.1) is 0 Å². The van der Waals surface area contributed by atoms with Crippen molar-refractivity contribution in [3.63, 3.8) is 0 Å². The number of aliphatic carboxylic acids is 1. The number of benzene rings is 1. The Morgan fingerprint density at radius 3 is 2.62 bits per heavy atom. The van der Waals surface area contributed by atoms with Gasteiger partial charge in [0.05, 0.1) is 6.10 Å². The van der Waals surface area contributed by atoms with Crippen LogP contribution in [0.5, 0.6) is 0 Å². The van der Waals surface area contributed by atoms with Crippen molar-refractivity contribution in [3.8, 4) is 0 Å². The van der Waals surface area contributed by atoms with Crippen molar-refractivity contribution in [2.24, 2.45) is 0 Å². The molecule has 1 aliphatic heterocycles. The van der Waals surface area contributed by atoms with E-state index in [1.807, 2.05) is 12.1 Å². The highest BCUT2D eigenvalue weighted by molar-refractivity contribution is 7.99. The van der Waals surface area contributed by atoms with Crippen molar-refractivity contribution >= 4 is 35.2 Å². The third kappa shape index (κ3) is 4.36. The average Bonchev–Trinajstić information content (AvgIpc) is 2.83. The molecule has 0 aromatic heterocycles. The second-order valence-electron chi connectivity index (χ2n) is 4.84. The normalized spacial score (nSPS) is 21.5. The summed E-state index contributed by atoms with van der Waals surface area (Å²) in [5.74, 6) is -0.745. The van der Waals surface area contributed by atoms with Crippen LogP contribution in [0.1, 0.15) is 12.8 Å². The molecule has 1 aromatic carbocycles. The first kappa shape index (κ1) is 16.1. The molecule has 7 heteroatoms. The van der Waals surface area contributed by atoms with Crippen LogP contribution in [0.3, 0.4) is 0 Å². The van der Waals surface area contributed by atoms with Crippen molar-refractivity contribution < 1.29 is 19.8 Å². The lowest BCUT2D eigenvalue weighted by Crippen LogP contribution is -2.40. The van der Waals surface area contributed by atoms with Gasteiger partial charge in [0, 0.05) is 35.1 Å².